The number of aryl methyl sites for hydroxylation is 1. The fourth-order valence-corrected chi connectivity index (χ4v) is 3.10. The number of rotatable bonds is 5. The van der Waals surface area contributed by atoms with Gasteiger partial charge in [0.15, 0.2) is 0 Å². The van der Waals surface area contributed by atoms with Crippen molar-refractivity contribution in [1.82, 2.24) is 10.2 Å². The molecule has 1 N–H and O–H groups in total. The van der Waals surface area contributed by atoms with Crippen LogP contribution >= 0.6 is 11.6 Å². The minimum Gasteiger partial charge on any atom is -0.320 e. The predicted octanol–water partition coefficient (Wildman–Crippen LogP) is 3.47. The number of likely N-dealkylation sites (tertiary alicyclic amines) is 1. The Hall–Kier alpha value is -0.570. The van der Waals surface area contributed by atoms with Crippen molar-refractivity contribution in [2.45, 2.75) is 32.7 Å². The van der Waals surface area contributed by atoms with Gasteiger partial charge in [-0.25, -0.2) is 0 Å². The third-order valence-corrected chi connectivity index (χ3v) is 4.46. The van der Waals surface area contributed by atoms with Crippen LogP contribution in [0.5, 0.6) is 0 Å². The summed E-state index contributed by atoms with van der Waals surface area (Å²) in [5, 5.41) is 4.16. The van der Waals surface area contributed by atoms with Crippen LogP contribution in [0.3, 0.4) is 0 Å². The first-order valence-corrected chi connectivity index (χ1v) is 7.69. The second-order valence-corrected chi connectivity index (χ2v) is 6.11. The van der Waals surface area contributed by atoms with Gasteiger partial charge < -0.3 is 5.32 Å². The minimum atomic E-state index is 0.900. The summed E-state index contributed by atoms with van der Waals surface area (Å²) >= 11 is 6.31. The molecule has 0 saturated carbocycles. The van der Waals surface area contributed by atoms with E-state index in [2.05, 4.69) is 35.3 Å². The number of hydrogen-bond acceptors (Lipinski definition) is 2. The monoisotopic (exact) mass is 280 g/mol. The van der Waals surface area contributed by atoms with Crippen molar-refractivity contribution in [2.24, 2.45) is 5.92 Å². The molecule has 0 aromatic heterocycles. The first kappa shape index (κ1) is 14.8. The maximum atomic E-state index is 6.31. The van der Waals surface area contributed by atoms with Crippen LogP contribution in [0.15, 0.2) is 18.2 Å². The Labute approximate surface area is 122 Å². The number of halogens is 1. The molecule has 2 rings (SSSR count). The highest BCUT2D eigenvalue weighted by atomic mass is 35.5. The van der Waals surface area contributed by atoms with Gasteiger partial charge >= 0.3 is 0 Å². The zero-order valence-corrected chi connectivity index (χ0v) is 12.8. The molecule has 1 heterocycles. The first-order chi connectivity index (χ1) is 9.19. The molecular weight excluding hydrogens is 256 g/mol. The van der Waals surface area contributed by atoms with Crippen LogP contribution < -0.4 is 5.32 Å². The van der Waals surface area contributed by atoms with Gasteiger partial charge in [0, 0.05) is 11.6 Å². The quantitative estimate of drug-likeness (QED) is 0.888. The van der Waals surface area contributed by atoms with Gasteiger partial charge in [-0.05, 0) is 76.0 Å². The Balaban J connectivity index is 1.82. The van der Waals surface area contributed by atoms with Crippen molar-refractivity contribution in [3.63, 3.8) is 0 Å². The van der Waals surface area contributed by atoms with Crippen molar-refractivity contribution < 1.29 is 0 Å². The fourth-order valence-electron chi connectivity index (χ4n) is 2.80. The minimum absolute atomic E-state index is 0.900. The standard InChI is InChI=1S/C16H25ClN2/c1-13-3-4-15(16(17)11-13)12-19-9-6-14(7-10-19)5-8-18-2/h3-4,11,14,18H,5-10,12H2,1-2H3. The largest absolute Gasteiger partial charge is 0.320 e. The van der Waals surface area contributed by atoms with E-state index in [9.17, 15) is 0 Å². The number of piperidine rings is 1. The Kier molecular flexibility index (Phi) is 5.68. The average molecular weight is 281 g/mol. The van der Waals surface area contributed by atoms with Gasteiger partial charge in [0.25, 0.3) is 0 Å². The lowest BCUT2D eigenvalue weighted by molar-refractivity contribution is 0.172. The van der Waals surface area contributed by atoms with Gasteiger partial charge in [-0.2, -0.15) is 0 Å². The highest BCUT2D eigenvalue weighted by molar-refractivity contribution is 6.31. The van der Waals surface area contributed by atoms with Crippen molar-refractivity contribution in [2.75, 3.05) is 26.7 Å². The molecule has 3 heteroatoms. The van der Waals surface area contributed by atoms with E-state index in [1.807, 2.05) is 7.05 Å². The molecule has 2 nitrogen and oxygen atoms in total. The maximum Gasteiger partial charge on any atom is 0.0453 e. The molecule has 1 fully saturated rings. The lowest BCUT2D eigenvalue weighted by Crippen LogP contribution is -2.34. The average Bonchev–Trinajstić information content (AvgIpc) is 2.41. The van der Waals surface area contributed by atoms with E-state index in [0.717, 1.165) is 24.0 Å². The molecule has 0 bridgehead atoms. The van der Waals surface area contributed by atoms with Gasteiger partial charge in [0.1, 0.15) is 0 Å². The third kappa shape index (κ3) is 4.48. The van der Waals surface area contributed by atoms with Gasteiger partial charge in [0.05, 0.1) is 0 Å². The molecular formula is C16H25ClN2. The summed E-state index contributed by atoms with van der Waals surface area (Å²) in [5.41, 5.74) is 2.50. The van der Waals surface area contributed by atoms with E-state index in [0.29, 0.717) is 0 Å². The van der Waals surface area contributed by atoms with Crippen LogP contribution in [0.2, 0.25) is 5.02 Å². The Morgan fingerprint density at radius 2 is 2.05 bits per heavy atom. The van der Waals surface area contributed by atoms with Gasteiger partial charge in [-0.1, -0.05) is 23.7 Å². The van der Waals surface area contributed by atoms with Crippen molar-refractivity contribution in [1.29, 1.82) is 0 Å². The number of nitrogens with zero attached hydrogens (tertiary/aromatic N) is 1. The van der Waals surface area contributed by atoms with E-state index in [4.69, 9.17) is 11.6 Å². The Morgan fingerprint density at radius 3 is 2.68 bits per heavy atom. The molecule has 106 valence electrons. The normalized spacial score (nSPS) is 17.8. The molecule has 0 radical (unpaired) electrons. The van der Waals surface area contributed by atoms with Gasteiger partial charge in [-0.15, -0.1) is 0 Å². The highest BCUT2D eigenvalue weighted by Crippen LogP contribution is 2.24. The smallest absolute Gasteiger partial charge is 0.0453 e. The Bertz CT molecular complexity index is 398. The molecule has 0 atom stereocenters. The van der Waals surface area contributed by atoms with E-state index in [1.54, 1.807) is 0 Å². The summed E-state index contributed by atoms with van der Waals surface area (Å²) in [6, 6.07) is 6.39. The van der Waals surface area contributed by atoms with Crippen molar-refractivity contribution >= 4 is 11.6 Å². The van der Waals surface area contributed by atoms with Gasteiger partial charge in [-0.3, -0.25) is 4.90 Å². The lowest BCUT2D eigenvalue weighted by Gasteiger charge is -2.32. The van der Waals surface area contributed by atoms with Crippen LogP contribution in [0, 0.1) is 12.8 Å². The lowest BCUT2D eigenvalue weighted by atomic mass is 9.93. The Morgan fingerprint density at radius 1 is 1.32 bits per heavy atom. The summed E-state index contributed by atoms with van der Waals surface area (Å²) in [6.07, 6.45) is 3.96. The molecule has 1 saturated heterocycles. The highest BCUT2D eigenvalue weighted by Gasteiger charge is 2.19. The molecule has 0 unspecified atom stereocenters. The summed E-state index contributed by atoms with van der Waals surface area (Å²) in [7, 11) is 2.04. The first-order valence-electron chi connectivity index (χ1n) is 7.31. The van der Waals surface area contributed by atoms with E-state index >= 15 is 0 Å². The molecule has 1 aromatic rings. The maximum absolute atomic E-state index is 6.31. The topological polar surface area (TPSA) is 15.3 Å². The van der Waals surface area contributed by atoms with Crippen LogP contribution in [-0.2, 0) is 6.54 Å². The number of benzene rings is 1. The third-order valence-electron chi connectivity index (χ3n) is 4.11. The molecule has 0 aliphatic carbocycles. The van der Waals surface area contributed by atoms with Crippen LogP contribution in [0.25, 0.3) is 0 Å². The predicted molar refractivity (Wildman–Crippen MR) is 82.7 cm³/mol. The van der Waals surface area contributed by atoms with Crippen LogP contribution in [0.4, 0.5) is 0 Å². The fraction of sp³-hybridized carbons (Fsp3) is 0.625. The molecule has 1 aromatic carbocycles. The van der Waals surface area contributed by atoms with Crippen molar-refractivity contribution in [3.8, 4) is 0 Å². The molecule has 0 spiro atoms. The number of nitrogens with one attached hydrogen (secondary N) is 1. The zero-order valence-electron chi connectivity index (χ0n) is 12.1. The zero-order chi connectivity index (χ0) is 13.7. The molecule has 0 amide bonds. The second-order valence-electron chi connectivity index (χ2n) is 5.71. The molecule has 1 aliphatic heterocycles. The molecule has 19 heavy (non-hydrogen) atoms. The summed E-state index contributed by atoms with van der Waals surface area (Å²) < 4.78 is 0. The SMILES string of the molecule is CNCCC1CCN(Cc2ccc(C)cc2Cl)CC1. The number of hydrogen-bond donors (Lipinski definition) is 1. The van der Waals surface area contributed by atoms with Crippen LogP contribution in [-0.4, -0.2) is 31.6 Å². The van der Waals surface area contributed by atoms with Crippen molar-refractivity contribution in [3.05, 3.63) is 34.3 Å². The summed E-state index contributed by atoms with van der Waals surface area (Å²) in [5.74, 6) is 0.900. The van der Waals surface area contributed by atoms with Crippen LogP contribution in [0.1, 0.15) is 30.4 Å². The van der Waals surface area contributed by atoms with E-state index in [-0.39, 0.29) is 0 Å². The summed E-state index contributed by atoms with van der Waals surface area (Å²) in [6.45, 7) is 6.65. The second kappa shape index (κ2) is 7.28. The summed E-state index contributed by atoms with van der Waals surface area (Å²) in [4.78, 5) is 2.53. The van der Waals surface area contributed by atoms with Gasteiger partial charge in [0.2, 0.25) is 0 Å². The van der Waals surface area contributed by atoms with E-state index in [1.165, 1.54) is 43.5 Å². The van der Waals surface area contributed by atoms with E-state index < -0.39 is 0 Å². The molecule has 1 aliphatic rings.